The van der Waals surface area contributed by atoms with E-state index in [0.717, 1.165) is 18.4 Å². The van der Waals surface area contributed by atoms with Crippen LogP contribution in [0.25, 0.3) is 0 Å². The van der Waals surface area contributed by atoms with Crippen LogP contribution in [0.1, 0.15) is 58.1 Å². The maximum Gasteiger partial charge on any atom is 0.165 e. The summed E-state index contributed by atoms with van der Waals surface area (Å²) in [5.41, 5.74) is 0.970. The van der Waals surface area contributed by atoms with E-state index in [-0.39, 0.29) is 16.6 Å². The van der Waals surface area contributed by atoms with Gasteiger partial charge in [-0.15, -0.1) is 4.72 Å². The van der Waals surface area contributed by atoms with Crippen LogP contribution in [-0.4, -0.2) is 15.9 Å². The predicted octanol–water partition coefficient (Wildman–Crippen LogP) is 4.12. The zero-order chi connectivity index (χ0) is 16.6. The molecule has 128 valence electrons. The fourth-order valence-electron chi connectivity index (χ4n) is 2.47. The minimum Gasteiger partial charge on any atom is -0.598 e. The molecule has 2 aliphatic rings. The van der Waals surface area contributed by atoms with E-state index in [1.54, 1.807) is 12.1 Å². The lowest BCUT2D eigenvalue weighted by Crippen LogP contribution is -2.41. The molecular formula is C18H26FNO2S. The van der Waals surface area contributed by atoms with Crippen molar-refractivity contribution in [2.24, 2.45) is 11.8 Å². The normalized spacial score (nSPS) is 21.1. The summed E-state index contributed by atoms with van der Waals surface area (Å²) in [5.74, 6) is 1.07. The third-order valence-electron chi connectivity index (χ3n) is 4.37. The van der Waals surface area contributed by atoms with E-state index in [0.29, 0.717) is 24.2 Å². The molecule has 0 amide bonds. The molecule has 0 radical (unpaired) electrons. The zero-order valence-electron chi connectivity index (χ0n) is 14.1. The van der Waals surface area contributed by atoms with Crippen LogP contribution in [0.2, 0.25) is 0 Å². The molecule has 23 heavy (non-hydrogen) atoms. The van der Waals surface area contributed by atoms with Crippen LogP contribution in [0, 0.1) is 17.7 Å². The first-order valence-electron chi connectivity index (χ1n) is 8.45. The molecule has 0 saturated heterocycles. The average Bonchev–Trinajstić information content (AvgIpc) is 3.36. The van der Waals surface area contributed by atoms with Crippen molar-refractivity contribution in [2.45, 2.75) is 57.2 Å². The van der Waals surface area contributed by atoms with E-state index in [4.69, 9.17) is 4.74 Å². The molecule has 2 aliphatic carbocycles. The van der Waals surface area contributed by atoms with Gasteiger partial charge in [0.1, 0.15) is 4.75 Å². The standard InChI is InChI=1S/C18H26FNO2S/c1-18(2,3)23(21)20-17(13-6-7-13)14-8-9-15(19)16(10-14)22-11-12-4-5-12/h8-10,12-13,17,20H,4-7,11H2,1-3H3. The fraction of sp³-hybridized carbons (Fsp3) is 0.667. The Morgan fingerprint density at radius 1 is 1.30 bits per heavy atom. The van der Waals surface area contributed by atoms with Crippen molar-refractivity contribution in [1.29, 1.82) is 0 Å². The van der Waals surface area contributed by atoms with Crippen molar-refractivity contribution >= 4 is 11.4 Å². The molecule has 1 N–H and O–H groups in total. The van der Waals surface area contributed by atoms with Gasteiger partial charge in [-0.05, 0) is 76.0 Å². The van der Waals surface area contributed by atoms with Gasteiger partial charge in [0.2, 0.25) is 0 Å². The summed E-state index contributed by atoms with van der Waals surface area (Å²) in [5, 5.41) is 0. The summed E-state index contributed by atoms with van der Waals surface area (Å²) >= 11 is -1.15. The summed E-state index contributed by atoms with van der Waals surface area (Å²) in [6.07, 6.45) is 4.60. The SMILES string of the molecule is CC(C)(C)[S+]([O-])NC(c1ccc(F)c(OCC2CC2)c1)C1CC1. The molecule has 2 unspecified atom stereocenters. The van der Waals surface area contributed by atoms with Gasteiger partial charge in [0.25, 0.3) is 0 Å². The summed E-state index contributed by atoms with van der Waals surface area (Å²) in [6.45, 7) is 6.45. The first-order chi connectivity index (χ1) is 10.8. The summed E-state index contributed by atoms with van der Waals surface area (Å²) in [4.78, 5) is 0. The number of nitrogens with one attached hydrogen (secondary N) is 1. The molecule has 2 fully saturated rings. The van der Waals surface area contributed by atoms with Crippen LogP contribution in [-0.2, 0) is 11.4 Å². The largest absolute Gasteiger partial charge is 0.598 e. The van der Waals surface area contributed by atoms with Gasteiger partial charge in [0, 0.05) is 11.4 Å². The Hall–Kier alpha value is -0.780. The Balaban J connectivity index is 1.74. The van der Waals surface area contributed by atoms with Gasteiger partial charge in [0.05, 0.1) is 12.6 Å². The number of halogens is 1. The fourth-order valence-corrected chi connectivity index (χ4v) is 3.39. The zero-order valence-corrected chi connectivity index (χ0v) is 14.9. The summed E-state index contributed by atoms with van der Waals surface area (Å²) in [6, 6.07) is 5.04. The first-order valence-corrected chi connectivity index (χ1v) is 9.60. The lowest BCUT2D eigenvalue weighted by atomic mass is 10.0. The lowest BCUT2D eigenvalue weighted by molar-refractivity contribution is 0.284. The highest BCUT2D eigenvalue weighted by Crippen LogP contribution is 2.43. The van der Waals surface area contributed by atoms with E-state index in [1.807, 2.05) is 20.8 Å². The molecule has 0 spiro atoms. The van der Waals surface area contributed by atoms with Crippen LogP contribution in [0.15, 0.2) is 18.2 Å². The van der Waals surface area contributed by atoms with Gasteiger partial charge in [-0.25, -0.2) is 4.39 Å². The van der Waals surface area contributed by atoms with Crippen molar-refractivity contribution in [1.82, 2.24) is 4.72 Å². The van der Waals surface area contributed by atoms with E-state index in [2.05, 4.69) is 4.72 Å². The molecule has 1 aromatic carbocycles. The van der Waals surface area contributed by atoms with Crippen molar-refractivity contribution in [3.8, 4) is 5.75 Å². The Kier molecular flexibility index (Phi) is 4.90. The third-order valence-corrected chi connectivity index (χ3v) is 5.95. The number of hydrogen-bond acceptors (Lipinski definition) is 3. The van der Waals surface area contributed by atoms with Gasteiger partial charge in [0.15, 0.2) is 11.6 Å². The molecule has 3 rings (SSSR count). The Morgan fingerprint density at radius 3 is 2.57 bits per heavy atom. The van der Waals surface area contributed by atoms with Crippen LogP contribution in [0.4, 0.5) is 4.39 Å². The maximum absolute atomic E-state index is 14.0. The maximum atomic E-state index is 14.0. The van der Waals surface area contributed by atoms with Crippen molar-refractivity contribution in [3.63, 3.8) is 0 Å². The number of rotatable bonds is 7. The number of hydrogen-bond donors (Lipinski definition) is 1. The molecule has 1 aromatic rings. The second kappa shape index (κ2) is 6.61. The smallest absolute Gasteiger partial charge is 0.165 e. The topological polar surface area (TPSA) is 44.3 Å². The summed E-state index contributed by atoms with van der Waals surface area (Å²) < 4.78 is 35.0. The van der Waals surface area contributed by atoms with Crippen molar-refractivity contribution < 1.29 is 13.7 Å². The van der Waals surface area contributed by atoms with Crippen molar-refractivity contribution in [2.75, 3.05) is 6.61 Å². The monoisotopic (exact) mass is 339 g/mol. The number of benzene rings is 1. The van der Waals surface area contributed by atoms with E-state index in [9.17, 15) is 8.94 Å². The second-order valence-electron chi connectivity index (χ2n) is 7.76. The molecule has 5 heteroatoms. The number of ether oxygens (including phenoxy) is 1. The predicted molar refractivity (Wildman–Crippen MR) is 91.1 cm³/mol. The Bertz CT molecular complexity index is 552. The van der Waals surface area contributed by atoms with Crippen molar-refractivity contribution in [3.05, 3.63) is 29.6 Å². The van der Waals surface area contributed by atoms with Crippen LogP contribution < -0.4 is 9.46 Å². The van der Waals surface area contributed by atoms with E-state index >= 15 is 0 Å². The average molecular weight is 339 g/mol. The molecule has 0 bridgehead atoms. The highest BCUT2D eigenvalue weighted by atomic mass is 32.2. The minimum atomic E-state index is -1.15. The minimum absolute atomic E-state index is 0.000988. The Labute approximate surface area is 141 Å². The van der Waals surface area contributed by atoms with Gasteiger partial charge >= 0.3 is 0 Å². The van der Waals surface area contributed by atoms with Crippen LogP contribution >= 0.6 is 0 Å². The lowest BCUT2D eigenvalue weighted by Gasteiger charge is -2.28. The molecule has 0 aromatic heterocycles. The van der Waals surface area contributed by atoms with Gasteiger partial charge in [-0.2, -0.15) is 0 Å². The highest BCUT2D eigenvalue weighted by Gasteiger charge is 2.38. The van der Waals surface area contributed by atoms with E-state index < -0.39 is 11.4 Å². The first kappa shape index (κ1) is 17.1. The molecule has 2 atom stereocenters. The third kappa shape index (κ3) is 4.61. The van der Waals surface area contributed by atoms with Gasteiger partial charge in [-0.3, -0.25) is 0 Å². The summed E-state index contributed by atoms with van der Waals surface area (Å²) in [7, 11) is 0. The molecular weight excluding hydrogens is 313 g/mol. The van der Waals surface area contributed by atoms with Crippen LogP contribution in [0.5, 0.6) is 5.75 Å². The molecule has 0 aliphatic heterocycles. The van der Waals surface area contributed by atoms with Gasteiger partial charge < -0.3 is 9.29 Å². The molecule has 0 heterocycles. The molecule has 3 nitrogen and oxygen atoms in total. The van der Waals surface area contributed by atoms with Gasteiger partial charge in [-0.1, -0.05) is 6.07 Å². The second-order valence-corrected chi connectivity index (χ2v) is 9.76. The van der Waals surface area contributed by atoms with Crippen LogP contribution in [0.3, 0.4) is 0 Å². The quantitative estimate of drug-likeness (QED) is 0.760. The Morgan fingerprint density at radius 2 is 2.00 bits per heavy atom. The molecule has 2 saturated carbocycles. The van der Waals surface area contributed by atoms with E-state index in [1.165, 1.54) is 18.9 Å². The highest BCUT2D eigenvalue weighted by molar-refractivity contribution is 7.90.